The molecule has 0 aliphatic rings. The summed E-state index contributed by atoms with van der Waals surface area (Å²) in [6.07, 6.45) is 5.98. The van der Waals surface area contributed by atoms with Gasteiger partial charge in [-0.15, -0.1) is 0 Å². The zero-order valence-electron chi connectivity index (χ0n) is 9.66. The van der Waals surface area contributed by atoms with E-state index >= 15 is 0 Å². The smallest absolute Gasteiger partial charge is 0.183 e. The second kappa shape index (κ2) is 5.59. The summed E-state index contributed by atoms with van der Waals surface area (Å²) in [5.74, 6) is 0.536. The Labute approximate surface area is 91.0 Å². The Balaban J connectivity index is 2.57. The van der Waals surface area contributed by atoms with E-state index in [2.05, 4.69) is 23.8 Å². The number of nitrogens with zero attached hydrogens (tertiary/aromatic N) is 2. The molecule has 3 nitrogen and oxygen atoms in total. The summed E-state index contributed by atoms with van der Waals surface area (Å²) in [6, 6.07) is 0. The number of carbonyl (C=O) groups is 1. The van der Waals surface area contributed by atoms with Crippen LogP contribution < -0.4 is 0 Å². The number of hydrogen-bond acceptors (Lipinski definition) is 3. The molecular formula is C12H18N2O. The average Bonchev–Trinajstić information content (AvgIpc) is 2.18. The van der Waals surface area contributed by atoms with Gasteiger partial charge in [0.1, 0.15) is 5.69 Å². The fraction of sp³-hybridized carbons (Fsp3) is 0.583. The molecule has 0 radical (unpaired) electrons. The second-order valence-corrected chi connectivity index (χ2v) is 4.06. The molecule has 15 heavy (non-hydrogen) atoms. The normalized spacial score (nSPS) is 12.5. The molecule has 0 spiro atoms. The molecule has 1 rings (SSSR count). The lowest BCUT2D eigenvalue weighted by Crippen LogP contribution is -2.08. The molecule has 0 bridgehead atoms. The highest BCUT2D eigenvalue weighted by atomic mass is 16.1. The molecule has 0 amide bonds. The summed E-state index contributed by atoms with van der Waals surface area (Å²) in [5.41, 5.74) is 1.33. The van der Waals surface area contributed by atoms with Crippen molar-refractivity contribution in [3.63, 3.8) is 0 Å². The molecular weight excluding hydrogens is 188 g/mol. The summed E-state index contributed by atoms with van der Waals surface area (Å²) in [4.78, 5) is 19.9. The highest BCUT2D eigenvalue weighted by Gasteiger charge is 2.11. The van der Waals surface area contributed by atoms with Crippen LogP contribution in [-0.2, 0) is 0 Å². The molecule has 1 heterocycles. The van der Waals surface area contributed by atoms with E-state index in [-0.39, 0.29) is 5.78 Å². The first-order valence-corrected chi connectivity index (χ1v) is 5.45. The predicted octanol–water partition coefficient (Wildman–Crippen LogP) is 2.79. The third-order valence-corrected chi connectivity index (χ3v) is 2.38. The Morgan fingerprint density at radius 2 is 2.13 bits per heavy atom. The van der Waals surface area contributed by atoms with E-state index in [1.165, 1.54) is 0 Å². The molecule has 0 aromatic carbocycles. The lowest BCUT2D eigenvalue weighted by atomic mass is 9.98. The largest absolute Gasteiger partial charge is 0.292 e. The molecule has 0 saturated heterocycles. The fourth-order valence-electron chi connectivity index (χ4n) is 1.55. The van der Waals surface area contributed by atoms with Crippen LogP contribution in [0.2, 0.25) is 0 Å². The van der Waals surface area contributed by atoms with Crippen molar-refractivity contribution >= 4 is 5.78 Å². The summed E-state index contributed by atoms with van der Waals surface area (Å²) in [6.45, 7) is 6.09. The molecule has 3 heteroatoms. The number of rotatable bonds is 5. The Morgan fingerprint density at radius 1 is 1.40 bits per heavy atom. The van der Waals surface area contributed by atoms with Gasteiger partial charge in [0.05, 0.1) is 11.9 Å². The van der Waals surface area contributed by atoms with Crippen LogP contribution in [0.15, 0.2) is 12.4 Å². The Kier molecular flexibility index (Phi) is 4.40. The molecule has 0 saturated carbocycles. The van der Waals surface area contributed by atoms with Gasteiger partial charge in [0.15, 0.2) is 5.78 Å². The molecule has 0 fully saturated rings. The molecule has 82 valence electrons. The van der Waals surface area contributed by atoms with Crippen molar-refractivity contribution in [3.8, 4) is 0 Å². The van der Waals surface area contributed by atoms with Gasteiger partial charge in [-0.2, -0.15) is 0 Å². The quantitative estimate of drug-likeness (QED) is 0.696. The molecule has 1 unspecified atom stereocenters. The molecule has 1 aromatic heterocycles. The zero-order chi connectivity index (χ0) is 11.3. The molecule has 1 atom stereocenters. The Morgan fingerprint density at radius 3 is 2.67 bits per heavy atom. The summed E-state index contributed by atoms with van der Waals surface area (Å²) < 4.78 is 0. The number of hydrogen-bond donors (Lipinski definition) is 0. The van der Waals surface area contributed by atoms with E-state index in [1.807, 2.05) is 6.92 Å². The van der Waals surface area contributed by atoms with Gasteiger partial charge in [0.25, 0.3) is 0 Å². The van der Waals surface area contributed by atoms with Crippen molar-refractivity contribution in [1.29, 1.82) is 0 Å². The van der Waals surface area contributed by atoms with Crippen LogP contribution in [0.5, 0.6) is 0 Å². The van der Waals surface area contributed by atoms with Gasteiger partial charge in [-0.25, -0.2) is 4.98 Å². The third-order valence-electron chi connectivity index (χ3n) is 2.38. The van der Waals surface area contributed by atoms with E-state index in [9.17, 15) is 4.79 Å². The van der Waals surface area contributed by atoms with Gasteiger partial charge in [-0.1, -0.05) is 26.7 Å². The van der Waals surface area contributed by atoms with Crippen molar-refractivity contribution in [2.75, 3.05) is 0 Å². The zero-order valence-corrected chi connectivity index (χ0v) is 9.66. The minimum atomic E-state index is 0.100. The van der Waals surface area contributed by atoms with Crippen LogP contribution in [0.1, 0.15) is 49.3 Å². The number of aryl methyl sites for hydroxylation is 1. The summed E-state index contributed by atoms with van der Waals surface area (Å²) >= 11 is 0. The first-order valence-electron chi connectivity index (χ1n) is 5.45. The van der Waals surface area contributed by atoms with Gasteiger partial charge in [-0.3, -0.25) is 9.78 Å². The van der Waals surface area contributed by atoms with Crippen LogP contribution in [0.25, 0.3) is 0 Å². The van der Waals surface area contributed by atoms with Gasteiger partial charge >= 0.3 is 0 Å². The molecule has 0 aliphatic carbocycles. The van der Waals surface area contributed by atoms with Crippen molar-refractivity contribution in [3.05, 3.63) is 23.8 Å². The maximum Gasteiger partial charge on any atom is 0.183 e. The van der Waals surface area contributed by atoms with Crippen LogP contribution in [0.4, 0.5) is 0 Å². The average molecular weight is 206 g/mol. The van der Waals surface area contributed by atoms with Gasteiger partial charge < -0.3 is 0 Å². The predicted molar refractivity (Wildman–Crippen MR) is 59.8 cm³/mol. The van der Waals surface area contributed by atoms with Crippen molar-refractivity contribution in [1.82, 2.24) is 9.97 Å². The van der Waals surface area contributed by atoms with Crippen LogP contribution in [-0.4, -0.2) is 15.8 Å². The van der Waals surface area contributed by atoms with E-state index in [4.69, 9.17) is 0 Å². The number of aromatic nitrogens is 2. The molecule has 0 aliphatic heterocycles. The van der Waals surface area contributed by atoms with Crippen LogP contribution in [0.3, 0.4) is 0 Å². The standard InChI is InChI=1S/C12H18N2O/c1-4-5-9(2)6-12(15)11-8-13-10(3)7-14-11/h7-9H,4-6H2,1-3H3. The second-order valence-electron chi connectivity index (χ2n) is 4.06. The lowest BCUT2D eigenvalue weighted by Gasteiger charge is -2.07. The van der Waals surface area contributed by atoms with Gasteiger partial charge in [0, 0.05) is 12.6 Å². The van der Waals surface area contributed by atoms with Crippen LogP contribution >= 0.6 is 0 Å². The number of carbonyl (C=O) groups excluding carboxylic acids is 1. The first-order chi connectivity index (χ1) is 7.13. The topological polar surface area (TPSA) is 42.9 Å². The highest BCUT2D eigenvalue weighted by Crippen LogP contribution is 2.12. The minimum Gasteiger partial charge on any atom is -0.292 e. The van der Waals surface area contributed by atoms with Crippen molar-refractivity contribution < 1.29 is 4.79 Å². The number of Topliss-reactive ketones (excluding diaryl/α,β-unsaturated/α-hetero) is 1. The minimum absolute atomic E-state index is 0.100. The number of ketones is 1. The maximum atomic E-state index is 11.7. The molecule has 1 aromatic rings. The van der Waals surface area contributed by atoms with Crippen LogP contribution in [0, 0.1) is 12.8 Å². The fourth-order valence-corrected chi connectivity index (χ4v) is 1.55. The monoisotopic (exact) mass is 206 g/mol. The van der Waals surface area contributed by atoms with Crippen molar-refractivity contribution in [2.45, 2.75) is 40.0 Å². The van der Waals surface area contributed by atoms with Crippen molar-refractivity contribution in [2.24, 2.45) is 5.92 Å². The molecule has 0 N–H and O–H groups in total. The van der Waals surface area contributed by atoms with E-state index in [0.29, 0.717) is 18.0 Å². The van der Waals surface area contributed by atoms with Gasteiger partial charge in [0.2, 0.25) is 0 Å². The Bertz CT molecular complexity index is 319. The van der Waals surface area contributed by atoms with E-state index in [0.717, 1.165) is 18.5 Å². The summed E-state index contributed by atoms with van der Waals surface area (Å²) in [5, 5.41) is 0. The summed E-state index contributed by atoms with van der Waals surface area (Å²) in [7, 11) is 0. The first kappa shape index (κ1) is 11.8. The maximum absolute atomic E-state index is 11.7. The van der Waals surface area contributed by atoms with Gasteiger partial charge in [-0.05, 0) is 12.8 Å². The Hall–Kier alpha value is -1.25. The van der Waals surface area contributed by atoms with E-state index < -0.39 is 0 Å². The highest BCUT2D eigenvalue weighted by molar-refractivity contribution is 5.93. The third kappa shape index (κ3) is 3.78. The van der Waals surface area contributed by atoms with E-state index in [1.54, 1.807) is 12.4 Å². The lowest BCUT2D eigenvalue weighted by molar-refractivity contribution is 0.0957. The SMILES string of the molecule is CCCC(C)CC(=O)c1cnc(C)cn1.